The first kappa shape index (κ1) is 13.3. The molecule has 0 unspecified atom stereocenters. The van der Waals surface area contributed by atoms with Gasteiger partial charge in [-0.1, -0.05) is 60.3 Å². The highest BCUT2D eigenvalue weighted by atomic mass is 35.5. The van der Waals surface area contributed by atoms with Gasteiger partial charge in [0, 0.05) is 11.1 Å². The molecule has 0 bridgehead atoms. The Labute approximate surface area is 117 Å². The van der Waals surface area contributed by atoms with Gasteiger partial charge in [-0.2, -0.15) is 0 Å². The molecule has 0 amide bonds. The van der Waals surface area contributed by atoms with E-state index in [0.717, 1.165) is 29.5 Å². The van der Waals surface area contributed by atoms with Crippen LogP contribution in [0, 0.1) is 6.92 Å². The topological polar surface area (TPSA) is 25.8 Å². The van der Waals surface area contributed by atoms with Gasteiger partial charge < -0.3 is 0 Å². The number of aryl methyl sites for hydroxylation is 1. The van der Waals surface area contributed by atoms with Crippen LogP contribution in [0.4, 0.5) is 0 Å². The average molecular weight is 281 g/mol. The molecule has 0 spiro atoms. The van der Waals surface area contributed by atoms with E-state index in [-0.39, 0.29) is 0 Å². The van der Waals surface area contributed by atoms with Crippen LogP contribution in [0.3, 0.4) is 0 Å². The van der Waals surface area contributed by atoms with Crippen molar-refractivity contribution >= 4 is 23.2 Å². The van der Waals surface area contributed by atoms with Crippen LogP contribution in [0.1, 0.15) is 24.5 Å². The van der Waals surface area contributed by atoms with Crippen LogP contribution in [0.25, 0.3) is 11.4 Å². The zero-order valence-corrected chi connectivity index (χ0v) is 11.9. The monoisotopic (exact) mass is 280 g/mol. The van der Waals surface area contributed by atoms with Crippen molar-refractivity contribution in [1.29, 1.82) is 0 Å². The number of rotatable bonds is 3. The zero-order valence-electron chi connectivity index (χ0n) is 10.4. The van der Waals surface area contributed by atoms with Gasteiger partial charge in [0.2, 0.25) is 0 Å². The summed E-state index contributed by atoms with van der Waals surface area (Å²) in [6.45, 7) is 4.10. The Morgan fingerprint density at radius 1 is 1.11 bits per heavy atom. The second-order valence-corrected chi connectivity index (χ2v) is 4.94. The lowest BCUT2D eigenvalue weighted by Crippen LogP contribution is -1.97. The molecular weight excluding hydrogens is 267 g/mol. The molecule has 1 aromatic carbocycles. The molecule has 0 atom stereocenters. The van der Waals surface area contributed by atoms with Gasteiger partial charge in [-0.25, -0.2) is 9.97 Å². The van der Waals surface area contributed by atoms with Gasteiger partial charge in [0.1, 0.15) is 10.3 Å². The van der Waals surface area contributed by atoms with E-state index in [9.17, 15) is 0 Å². The minimum absolute atomic E-state index is 0.452. The Bertz CT molecular complexity index is 544. The van der Waals surface area contributed by atoms with Crippen LogP contribution >= 0.6 is 23.2 Å². The van der Waals surface area contributed by atoms with Crippen molar-refractivity contribution in [3.8, 4) is 11.4 Å². The molecule has 1 heterocycles. The van der Waals surface area contributed by atoms with E-state index < -0.39 is 0 Å². The smallest absolute Gasteiger partial charge is 0.162 e. The molecule has 2 aromatic rings. The standard InChI is InChI=1S/C14H14Cl2N2/c1-3-5-11-12(15)17-14(18-13(11)16)10-7-4-6-9(2)8-10/h4,6-8H,3,5H2,1-2H3. The van der Waals surface area contributed by atoms with E-state index in [1.165, 1.54) is 0 Å². The molecule has 2 rings (SSSR count). The predicted molar refractivity (Wildman–Crippen MR) is 76.2 cm³/mol. The Balaban J connectivity index is 2.48. The molecule has 0 aliphatic rings. The second kappa shape index (κ2) is 5.68. The summed E-state index contributed by atoms with van der Waals surface area (Å²) >= 11 is 12.3. The summed E-state index contributed by atoms with van der Waals surface area (Å²) in [7, 11) is 0. The van der Waals surface area contributed by atoms with Crippen LogP contribution in [0.2, 0.25) is 10.3 Å². The summed E-state index contributed by atoms with van der Waals surface area (Å²) in [5.41, 5.74) is 2.92. The Morgan fingerprint density at radius 2 is 1.78 bits per heavy atom. The van der Waals surface area contributed by atoms with Crippen LogP contribution in [0.15, 0.2) is 24.3 Å². The Kier molecular flexibility index (Phi) is 4.20. The highest BCUT2D eigenvalue weighted by molar-refractivity contribution is 6.34. The number of nitrogens with zero attached hydrogens (tertiary/aromatic N) is 2. The first-order valence-electron chi connectivity index (χ1n) is 5.90. The van der Waals surface area contributed by atoms with Crippen molar-refractivity contribution < 1.29 is 0 Å². The van der Waals surface area contributed by atoms with E-state index in [2.05, 4.69) is 16.9 Å². The minimum Gasteiger partial charge on any atom is -0.216 e. The zero-order chi connectivity index (χ0) is 13.1. The molecule has 1 aromatic heterocycles. The summed E-state index contributed by atoms with van der Waals surface area (Å²) in [6, 6.07) is 7.96. The van der Waals surface area contributed by atoms with Crippen LogP contribution in [-0.2, 0) is 6.42 Å². The number of hydrogen-bond donors (Lipinski definition) is 0. The van der Waals surface area contributed by atoms with Crippen molar-refractivity contribution in [1.82, 2.24) is 9.97 Å². The molecule has 0 aliphatic carbocycles. The third-order valence-electron chi connectivity index (χ3n) is 2.68. The van der Waals surface area contributed by atoms with Crippen LogP contribution in [-0.4, -0.2) is 9.97 Å². The lowest BCUT2D eigenvalue weighted by atomic mass is 10.1. The Morgan fingerprint density at radius 3 is 2.33 bits per heavy atom. The molecule has 0 saturated heterocycles. The predicted octanol–water partition coefficient (Wildman–Crippen LogP) is 4.71. The van der Waals surface area contributed by atoms with Crippen molar-refractivity contribution in [3.05, 3.63) is 45.7 Å². The van der Waals surface area contributed by atoms with E-state index in [4.69, 9.17) is 23.2 Å². The SMILES string of the molecule is CCCc1c(Cl)nc(-c2cccc(C)c2)nc1Cl. The first-order valence-corrected chi connectivity index (χ1v) is 6.66. The fraction of sp³-hybridized carbons (Fsp3) is 0.286. The van der Waals surface area contributed by atoms with Crippen molar-refractivity contribution in [2.45, 2.75) is 26.7 Å². The quantitative estimate of drug-likeness (QED) is 0.761. The van der Waals surface area contributed by atoms with Crippen molar-refractivity contribution in [3.63, 3.8) is 0 Å². The minimum atomic E-state index is 0.452. The fourth-order valence-corrected chi connectivity index (χ4v) is 2.38. The summed E-state index contributed by atoms with van der Waals surface area (Å²) in [6.07, 6.45) is 1.76. The summed E-state index contributed by atoms with van der Waals surface area (Å²) in [5.74, 6) is 0.577. The van der Waals surface area contributed by atoms with Crippen LogP contribution < -0.4 is 0 Å². The van der Waals surface area contributed by atoms with Crippen LogP contribution in [0.5, 0.6) is 0 Å². The summed E-state index contributed by atoms with van der Waals surface area (Å²) < 4.78 is 0. The molecule has 18 heavy (non-hydrogen) atoms. The molecule has 0 aliphatic heterocycles. The van der Waals surface area contributed by atoms with Gasteiger partial charge in [-0.15, -0.1) is 0 Å². The number of halogens is 2. The van der Waals surface area contributed by atoms with E-state index in [0.29, 0.717) is 16.1 Å². The number of aromatic nitrogens is 2. The molecule has 94 valence electrons. The maximum absolute atomic E-state index is 6.17. The van der Waals surface area contributed by atoms with Gasteiger partial charge >= 0.3 is 0 Å². The number of benzene rings is 1. The largest absolute Gasteiger partial charge is 0.216 e. The molecule has 4 heteroatoms. The molecule has 2 nitrogen and oxygen atoms in total. The van der Waals surface area contributed by atoms with Crippen molar-refractivity contribution in [2.75, 3.05) is 0 Å². The third kappa shape index (κ3) is 2.82. The van der Waals surface area contributed by atoms with E-state index >= 15 is 0 Å². The highest BCUT2D eigenvalue weighted by Gasteiger charge is 2.12. The molecular formula is C14H14Cl2N2. The molecule has 0 N–H and O–H groups in total. The van der Waals surface area contributed by atoms with Gasteiger partial charge in [0.05, 0.1) is 0 Å². The Hall–Kier alpha value is -1.12. The van der Waals surface area contributed by atoms with E-state index in [1.54, 1.807) is 0 Å². The molecule has 0 radical (unpaired) electrons. The lowest BCUT2D eigenvalue weighted by molar-refractivity contribution is 0.903. The number of hydrogen-bond acceptors (Lipinski definition) is 2. The van der Waals surface area contributed by atoms with Gasteiger partial charge in [0.25, 0.3) is 0 Å². The molecule has 0 saturated carbocycles. The molecule has 0 fully saturated rings. The maximum atomic E-state index is 6.17. The normalized spacial score (nSPS) is 10.7. The van der Waals surface area contributed by atoms with E-state index in [1.807, 2.05) is 31.2 Å². The third-order valence-corrected chi connectivity index (χ3v) is 3.31. The van der Waals surface area contributed by atoms with Gasteiger partial charge in [0.15, 0.2) is 5.82 Å². The van der Waals surface area contributed by atoms with Gasteiger partial charge in [-0.05, 0) is 19.4 Å². The summed E-state index contributed by atoms with van der Waals surface area (Å²) in [5, 5.41) is 0.904. The summed E-state index contributed by atoms with van der Waals surface area (Å²) in [4.78, 5) is 8.67. The first-order chi connectivity index (χ1) is 8.61. The second-order valence-electron chi connectivity index (χ2n) is 4.23. The maximum Gasteiger partial charge on any atom is 0.162 e. The fourth-order valence-electron chi connectivity index (χ4n) is 1.80. The highest BCUT2D eigenvalue weighted by Crippen LogP contribution is 2.26. The average Bonchev–Trinajstić information content (AvgIpc) is 2.33. The lowest BCUT2D eigenvalue weighted by Gasteiger charge is -2.07. The van der Waals surface area contributed by atoms with Crippen molar-refractivity contribution in [2.24, 2.45) is 0 Å². The van der Waals surface area contributed by atoms with Gasteiger partial charge in [-0.3, -0.25) is 0 Å².